The molecule has 3 aliphatic carbocycles. The molecule has 11 nitrogen and oxygen atoms in total. The maximum atomic E-state index is 15.3. The SMILES string of the molecule is CN1CCN(C2CCN(C(=O)NC3=CC(OC4CC=C(NC(O)C5(C(O)NC6=CCC(F)CC6)CC5)C(F)C4)CC=N3)CC2)CC1. The Morgan fingerprint density at radius 1 is 1.00 bits per heavy atom. The van der Waals surface area contributed by atoms with E-state index in [1.54, 1.807) is 24.4 Å². The lowest BCUT2D eigenvalue weighted by Crippen LogP contribution is -2.53. The largest absolute Gasteiger partial charge is 0.373 e. The number of aliphatic hydroxyl groups is 2. The van der Waals surface area contributed by atoms with Crippen LogP contribution in [0.25, 0.3) is 0 Å². The summed E-state index contributed by atoms with van der Waals surface area (Å²) in [7, 11) is 2.16. The molecule has 0 aromatic heterocycles. The first kappa shape index (κ1) is 33.3. The summed E-state index contributed by atoms with van der Waals surface area (Å²) in [5.41, 5.74) is 0.258. The van der Waals surface area contributed by atoms with Gasteiger partial charge < -0.3 is 35.4 Å². The van der Waals surface area contributed by atoms with E-state index >= 15 is 4.39 Å². The molecule has 0 aromatic carbocycles. The minimum Gasteiger partial charge on any atom is -0.373 e. The molecular weight excluding hydrogens is 596 g/mol. The predicted octanol–water partition coefficient (Wildman–Crippen LogP) is 2.50. The average molecular weight is 648 g/mol. The van der Waals surface area contributed by atoms with Gasteiger partial charge in [0.15, 0.2) is 0 Å². The fraction of sp³-hybridized carbons (Fsp3) is 0.758. The Hall–Kier alpha value is -2.58. The summed E-state index contributed by atoms with van der Waals surface area (Å²) in [5.74, 6) is 0.450. The summed E-state index contributed by atoms with van der Waals surface area (Å²) in [6, 6.07) is 0.373. The first-order chi connectivity index (χ1) is 22.2. The highest BCUT2D eigenvalue weighted by atomic mass is 19.1. The molecule has 3 aliphatic heterocycles. The number of amides is 2. The third-order valence-electron chi connectivity index (χ3n) is 10.6. The van der Waals surface area contributed by atoms with Gasteiger partial charge in [0.2, 0.25) is 0 Å². The fourth-order valence-electron chi connectivity index (χ4n) is 7.26. The van der Waals surface area contributed by atoms with Crippen molar-refractivity contribution in [2.75, 3.05) is 46.3 Å². The fourth-order valence-corrected chi connectivity index (χ4v) is 7.26. The first-order valence-corrected chi connectivity index (χ1v) is 17.1. The van der Waals surface area contributed by atoms with Gasteiger partial charge in [0.05, 0.1) is 17.6 Å². The third kappa shape index (κ3) is 8.10. The van der Waals surface area contributed by atoms with Crippen LogP contribution >= 0.6 is 0 Å². The molecule has 3 fully saturated rings. The Bertz CT molecular complexity index is 1190. The molecule has 2 saturated heterocycles. The number of piperidine rings is 1. The molecule has 0 spiro atoms. The lowest BCUT2D eigenvalue weighted by atomic mass is 9.96. The van der Waals surface area contributed by atoms with Crippen molar-refractivity contribution in [2.24, 2.45) is 10.4 Å². The number of ether oxygens (including phenoxy) is 1. The number of hydrogen-bond acceptors (Lipinski definition) is 9. The predicted molar refractivity (Wildman–Crippen MR) is 171 cm³/mol. The standard InChI is InChI=1S/C33H51F2N7O4/c1-40-16-18-41(19-17-40)24-9-14-42(15-10-24)32(45)39-29-21-26(8-13-36-29)46-25-6-7-28(27(35)20-25)38-31(44)33(11-12-33)30(43)37-23-4-2-22(34)3-5-23/h4,7,13,21-22,24-27,30-31,37-38,43-44H,2-3,5-6,8-12,14-20H2,1H3,(H,39,45). The Morgan fingerprint density at radius 2 is 1.74 bits per heavy atom. The molecule has 6 rings (SSSR count). The van der Waals surface area contributed by atoms with Crippen molar-refractivity contribution in [1.29, 1.82) is 0 Å². The van der Waals surface area contributed by atoms with Crippen LogP contribution in [0.1, 0.15) is 64.2 Å². The number of piperazine rings is 1. The van der Waals surface area contributed by atoms with E-state index in [0.29, 0.717) is 75.6 Å². The third-order valence-corrected chi connectivity index (χ3v) is 10.6. The highest BCUT2D eigenvalue weighted by Gasteiger charge is 2.55. The Kier molecular flexibility index (Phi) is 10.6. The topological polar surface area (TPSA) is 125 Å². The quantitative estimate of drug-likeness (QED) is 0.229. The van der Waals surface area contributed by atoms with E-state index in [0.717, 1.165) is 44.7 Å². The van der Waals surface area contributed by atoms with Crippen LogP contribution in [0.2, 0.25) is 0 Å². The van der Waals surface area contributed by atoms with E-state index in [9.17, 15) is 19.4 Å². The van der Waals surface area contributed by atoms with Gasteiger partial charge in [-0.25, -0.2) is 18.6 Å². The highest BCUT2D eigenvalue weighted by molar-refractivity contribution is 5.77. The highest BCUT2D eigenvalue weighted by Crippen LogP contribution is 2.51. The summed E-state index contributed by atoms with van der Waals surface area (Å²) in [5, 5.41) is 30.7. The number of allylic oxidation sites excluding steroid dienone is 3. The number of alkyl halides is 2. The van der Waals surface area contributed by atoms with Crippen molar-refractivity contribution >= 4 is 12.2 Å². The molecule has 0 bridgehead atoms. The number of likely N-dealkylation sites (tertiary alicyclic amines) is 1. The van der Waals surface area contributed by atoms with Crippen LogP contribution in [0.3, 0.4) is 0 Å². The molecule has 13 heteroatoms. The Labute approximate surface area is 270 Å². The zero-order valence-corrected chi connectivity index (χ0v) is 26.9. The minimum atomic E-state index is -1.36. The molecular formula is C33H51F2N7O4. The molecule has 6 aliphatic rings. The number of carbonyl (C=O) groups excluding carboxylic acids is 1. The van der Waals surface area contributed by atoms with Crippen LogP contribution < -0.4 is 16.0 Å². The van der Waals surface area contributed by atoms with Crippen LogP contribution in [0, 0.1) is 5.41 Å². The number of aliphatic imine (C=N–C) groups is 1. The van der Waals surface area contributed by atoms with Crippen molar-refractivity contribution in [1.82, 2.24) is 30.7 Å². The Balaban J connectivity index is 0.944. The van der Waals surface area contributed by atoms with Gasteiger partial charge >= 0.3 is 6.03 Å². The van der Waals surface area contributed by atoms with Crippen LogP contribution in [0.5, 0.6) is 0 Å². The van der Waals surface area contributed by atoms with E-state index in [-0.39, 0.29) is 24.7 Å². The average Bonchev–Trinajstić information content (AvgIpc) is 3.87. The zero-order chi connectivity index (χ0) is 32.3. The number of nitrogens with zero attached hydrogens (tertiary/aromatic N) is 4. The number of hydrogen-bond donors (Lipinski definition) is 5. The van der Waals surface area contributed by atoms with Crippen LogP contribution in [0.4, 0.5) is 13.6 Å². The lowest BCUT2D eigenvalue weighted by Gasteiger charge is -2.42. The lowest BCUT2D eigenvalue weighted by molar-refractivity contribution is -0.0351. The number of likely N-dealkylation sites (N-methyl/N-ethyl adjacent to an activating group) is 1. The number of carbonyl (C=O) groups is 1. The second-order valence-electron chi connectivity index (χ2n) is 13.9. The van der Waals surface area contributed by atoms with Crippen molar-refractivity contribution in [3.63, 3.8) is 0 Å². The van der Waals surface area contributed by atoms with Crippen molar-refractivity contribution in [3.05, 3.63) is 35.4 Å². The second-order valence-corrected chi connectivity index (χ2v) is 13.9. The number of halogens is 2. The normalized spacial score (nSPS) is 32.1. The summed E-state index contributed by atoms with van der Waals surface area (Å²) in [6.45, 7) is 5.78. The molecule has 5 N–H and O–H groups in total. The monoisotopic (exact) mass is 647 g/mol. The number of urea groups is 1. The van der Waals surface area contributed by atoms with E-state index in [1.165, 1.54) is 0 Å². The molecule has 6 atom stereocenters. The smallest absolute Gasteiger partial charge is 0.323 e. The van der Waals surface area contributed by atoms with Gasteiger partial charge in [-0.3, -0.25) is 10.2 Å². The van der Waals surface area contributed by atoms with E-state index in [1.807, 2.05) is 4.90 Å². The van der Waals surface area contributed by atoms with Gasteiger partial charge in [-0.05, 0) is 64.5 Å². The van der Waals surface area contributed by atoms with Gasteiger partial charge in [-0.2, -0.15) is 0 Å². The molecule has 1 saturated carbocycles. The molecule has 0 aromatic rings. The van der Waals surface area contributed by atoms with Gasteiger partial charge in [0.1, 0.15) is 30.6 Å². The summed E-state index contributed by atoms with van der Waals surface area (Å²) >= 11 is 0. The minimum absolute atomic E-state index is 0.127. The van der Waals surface area contributed by atoms with E-state index < -0.39 is 30.2 Å². The molecule has 0 radical (unpaired) electrons. The van der Waals surface area contributed by atoms with Gasteiger partial charge in [-0.1, -0.05) is 12.2 Å². The Morgan fingerprint density at radius 3 is 2.41 bits per heavy atom. The van der Waals surface area contributed by atoms with Gasteiger partial charge in [0.25, 0.3) is 0 Å². The molecule has 46 heavy (non-hydrogen) atoms. The first-order valence-electron chi connectivity index (χ1n) is 17.1. The molecule has 256 valence electrons. The van der Waals surface area contributed by atoms with Crippen LogP contribution in [-0.4, -0.2) is 127 Å². The summed E-state index contributed by atoms with van der Waals surface area (Å²) in [6.07, 6.45) is 7.44. The van der Waals surface area contributed by atoms with Crippen molar-refractivity contribution in [3.8, 4) is 0 Å². The number of rotatable bonds is 10. The van der Waals surface area contributed by atoms with E-state index in [2.05, 4.69) is 37.8 Å². The van der Waals surface area contributed by atoms with Crippen molar-refractivity contribution < 1.29 is 28.5 Å². The summed E-state index contributed by atoms with van der Waals surface area (Å²) < 4.78 is 35.0. The number of nitrogens with one attached hydrogen (secondary N) is 3. The molecule has 2 amide bonds. The van der Waals surface area contributed by atoms with Crippen LogP contribution in [-0.2, 0) is 4.74 Å². The van der Waals surface area contributed by atoms with Crippen molar-refractivity contribution in [2.45, 2.75) is 107 Å². The number of aliphatic hydroxyl groups excluding tert-OH is 2. The molecule has 3 heterocycles. The zero-order valence-electron chi connectivity index (χ0n) is 26.9. The van der Waals surface area contributed by atoms with Gasteiger partial charge in [-0.15, -0.1) is 0 Å². The summed E-state index contributed by atoms with van der Waals surface area (Å²) in [4.78, 5) is 24.1. The second kappa shape index (κ2) is 14.7. The van der Waals surface area contributed by atoms with Crippen LogP contribution in [0.15, 0.2) is 40.4 Å². The maximum Gasteiger partial charge on any atom is 0.323 e. The van der Waals surface area contributed by atoms with E-state index in [4.69, 9.17) is 4.74 Å². The van der Waals surface area contributed by atoms with Gasteiger partial charge in [0, 0.05) is 75.8 Å². The molecule has 6 unspecified atom stereocenters. The maximum absolute atomic E-state index is 15.3.